The Morgan fingerprint density at radius 2 is 1.72 bits per heavy atom. The summed E-state index contributed by atoms with van der Waals surface area (Å²) in [7, 11) is 0. The van der Waals surface area contributed by atoms with Gasteiger partial charge in [-0.15, -0.1) is 0 Å². The van der Waals surface area contributed by atoms with Crippen LogP contribution in [0.1, 0.15) is 82.2 Å². The van der Waals surface area contributed by atoms with Crippen LogP contribution in [0.4, 0.5) is 0 Å². The summed E-state index contributed by atoms with van der Waals surface area (Å²) in [5.74, 6) is 2.23. The number of hydrogen-bond acceptors (Lipinski definition) is 3. The molecule has 0 N–H and O–H groups in total. The van der Waals surface area contributed by atoms with Gasteiger partial charge in [-0.3, -0.25) is 4.99 Å². The summed E-state index contributed by atoms with van der Waals surface area (Å²) in [6.07, 6.45) is 1.79. The standard InChI is InChI=1S/C26H33NO2/c1-8-28-24-20(16(2)3)18-14-25(4,5)27-22(17-12-10-9-11-13-17)21(18)19-15-26(6,7)29-23(19)24/h9-13,16H,8,14-15H2,1-7H3. The Hall–Kier alpha value is -2.29. The van der Waals surface area contributed by atoms with Gasteiger partial charge in [-0.2, -0.15) is 0 Å². The lowest BCUT2D eigenvalue weighted by Gasteiger charge is -2.34. The molecule has 2 aliphatic rings. The molecule has 3 heteroatoms. The van der Waals surface area contributed by atoms with E-state index in [4.69, 9.17) is 14.5 Å². The second kappa shape index (κ2) is 6.90. The summed E-state index contributed by atoms with van der Waals surface area (Å²) in [5.41, 5.74) is 7.09. The van der Waals surface area contributed by atoms with Gasteiger partial charge in [-0.25, -0.2) is 0 Å². The van der Waals surface area contributed by atoms with Crippen LogP contribution in [0.5, 0.6) is 11.5 Å². The molecule has 0 bridgehead atoms. The third kappa shape index (κ3) is 3.45. The quantitative estimate of drug-likeness (QED) is 0.631. The van der Waals surface area contributed by atoms with Crippen molar-refractivity contribution in [2.24, 2.45) is 4.99 Å². The van der Waals surface area contributed by atoms with Crippen molar-refractivity contribution in [3.8, 4) is 11.5 Å². The van der Waals surface area contributed by atoms with Crippen LogP contribution in [0.2, 0.25) is 0 Å². The molecule has 0 radical (unpaired) electrons. The Kier molecular flexibility index (Phi) is 4.76. The van der Waals surface area contributed by atoms with Gasteiger partial charge >= 0.3 is 0 Å². The Morgan fingerprint density at radius 3 is 2.34 bits per heavy atom. The van der Waals surface area contributed by atoms with Crippen LogP contribution in [-0.4, -0.2) is 23.5 Å². The van der Waals surface area contributed by atoms with Gasteiger partial charge in [0.15, 0.2) is 11.5 Å². The second-order valence-electron chi connectivity index (χ2n) is 9.85. The number of ether oxygens (including phenoxy) is 2. The second-order valence-corrected chi connectivity index (χ2v) is 9.85. The van der Waals surface area contributed by atoms with Gasteiger partial charge in [0.05, 0.1) is 17.9 Å². The van der Waals surface area contributed by atoms with Crippen molar-refractivity contribution in [1.82, 2.24) is 0 Å². The zero-order valence-electron chi connectivity index (χ0n) is 18.8. The first-order chi connectivity index (χ1) is 13.6. The monoisotopic (exact) mass is 391 g/mol. The lowest BCUT2D eigenvalue weighted by molar-refractivity contribution is 0.132. The van der Waals surface area contributed by atoms with E-state index in [1.165, 1.54) is 27.8 Å². The minimum atomic E-state index is -0.244. The van der Waals surface area contributed by atoms with Crippen molar-refractivity contribution in [1.29, 1.82) is 0 Å². The third-order valence-electron chi connectivity index (χ3n) is 5.81. The zero-order valence-corrected chi connectivity index (χ0v) is 18.8. The van der Waals surface area contributed by atoms with Crippen molar-refractivity contribution in [2.75, 3.05) is 6.61 Å². The Bertz CT molecular complexity index is 968. The Labute approximate surface area is 175 Å². The highest BCUT2D eigenvalue weighted by Crippen LogP contribution is 2.52. The highest BCUT2D eigenvalue weighted by atomic mass is 16.5. The Morgan fingerprint density at radius 1 is 1.03 bits per heavy atom. The number of aliphatic imine (C=N–C) groups is 1. The molecule has 0 saturated heterocycles. The first kappa shape index (κ1) is 20.0. The highest BCUT2D eigenvalue weighted by Gasteiger charge is 2.42. The van der Waals surface area contributed by atoms with Crippen molar-refractivity contribution < 1.29 is 9.47 Å². The average molecular weight is 392 g/mol. The molecule has 3 nitrogen and oxygen atoms in total. The summed E-state index contributed by atoms with van der Waals surface area (Å²) in [6.45, 7) is 16.0. The molecule has 4 rings (SSSR count). The van der Waals surface area contributed by atoms with E-state index in [0.717, 1.165) is 30.1 Å². The molecule has 2 aromatic carbocycles. The molecule has 0 saturated carbocycles. The fourth-order valence-corrected chi connectivity index (χ4v) is 4.84. The van der Waals surface area contributed by atoms with Crippen LogP contribution < -0.4 is 9.47 Å². The minimum absolute atomic E-state index is 0.158. The topological polar surface area (TPSA) is 30.8 Å². The SMILES string of the molecule is CCOc1c2c(c3c(c1C(C)C)CC(C)(C)N=C3c1ccccc1)CC(C)(C)O2. The van der Waals surface area contributed by atoms with E-state index >= 15 is 0 Å². The fraction of sp³-hybridized carbons (Fsp3) is 0.500. The number of hydrogen-bond donors (Lipinski definition) is 0. The van der Waals surface area contributed by atoms with E-state index < -0.39 is 0 Å². The third-order valence-corrected chi connectivity index (χ3v) is 5.81. The summed E-state index contributed by atoms with van der Waals surface area (Å²) >= 11 is 0. The van der Waals surface area contributed by atoms with Gasteiger partial charge in [0.1, 0.15) is 5.60 Å². The van der Waals surface area contributed by atoms with E-state index in [2.05, 4.69) is 78.8 Å². The number of fused-ring (bicyclic) bond motifs is 3. The van der Waals surface area contributed by atoms with E-state index in [-0.39, 0.29) is 11.1 Å². The summed E-state index contributed by atoms with van der Waals surface area (Å²) < 4.78 is 12.7. The van der Waals surface area contributed by atoms with Crippen molar-refractivity contribution in [2.45, 2.75) is 78.4 Å². The van der Waals surface area contributed by atoms with E-state index in [1.807, 2.05) is 0 Å². The van der Waals surface area contributed by atoms with E-state index in [1.54, 1.807) is 0 Å². The van der Waals surface area contributed by atoms with Crippen molar-refractivity contribution in [3.05, 3.63) is 58.1 Å². The molecule has 0 aromatic heterocycles. The minimum Gasteiger partial charge on any atom is -0.490 e. The predicted octanol–water partition coefficient (Wildman–Crippen LogP) is 6.09. The fourth-order valence-electron chi connectivity index (χ4n) is 4.84. The van der Waals surface area contributed by atoms with E-state index in [9.17, 15) is 0 Å². The van der Waals surface area contributed by atoms with E-state index in [0.29, 0.717) is 12.5 Å². The van der Waals surface area contributed by atoms with Gasteiger partial charge in [0.2, 0.25) is 0 Å². The molecule has 2 heterocycles. The zero-order chi connectivity index (χ0) is 21.0. The van der Waals surface area contributed by atoms with Crippen molar-refractivity contribution in [3.63, 3.8) is 0 Å². The number of rotatable bonds is 4. The molecule has 0 atom stereocenters. The average Bonchev–Trinajstić information content (AvgIpc) is 2.96. The normalized spacial score (nSPS) is 18.7. The van der Waals surface area contributed by atoms with Crippen LogP contribution >= 0.6 is 0 Å². The maximum absolute atomic E-state index is 6.49. The first-order valence-corrected chi connectivity index (χ1v) is 10.8. The molecule has 2 aromatic rings. The summed E-state index contributed by atoms with van der Waals surface area (Å²) in [4.78, 5) is 5.25. The molecule has 154 valence electrons. The molecular formula is C26H33NO2. The Balaban J connectivity index is 2.09. The smallest absolute Gasteiger partial charge is 0.166 e. The lowest BCUT2D eigenvalue weighted by Crippen LogP contribution is -2.32. The summed E-state index contributed by atoms with van der Waals surface area (Å²) in [6, 6.07) is 10.6. The summed E-state index contributed by atoms with van der Waals surface area (Å²) in [5, 5.41) is 0. The van der Waals surface area contributed by atoms with Gasteiger partial charge in [-0.05, 0) is 52.5 Å². The van der Waals surface area contributed by atoms with Crippen LogP contribution in [-0.2, 0) is 12.8 Å². The predicted molar refractivity (Wildman–Crippen MR) is 120 cm³/mol. The molecule has 0 amide bonds. The first-order valence-electron chi connectivity index (χ1n) is 10.8. The number of nitrogens with zero attached hydrogens (tertiary/aromatic N) is 1. The molecule has 29 heavy (non-hydrogen) atoms. The van der Waals surface area contributed by atoms with Crippen LogP contribution in [0.25, 0.3) is 0 Å². The molecule has 2 aliphatic heterocycles. The van der Waals surface area contributed by atoms with Crippen molar-refractivity contribution >= 4 is 5.71 Å². The molecule has 0 aliphatic carbocycles. The van der Waals surface area contributed by atoms with Crippen LogP contribution in [0.3, 0.4) is 0 Å². The van der Waals surface area contributed by atoms with Crippen LogP contribution in [0.15, 0.2) is 35.3 Å². The highest BCUT2D eigenvalue weighted by molar-refractivity contribution is 6.16. The maximum atomic E-state index is 6.49. The van der Waals surface area contributed by atoms with Crippen LogP contribution in [0, 0.1) is 0 Å². The van der Waals surface area contributed by atoms with Gasteiger partial charge in [0.25, 0.3) is 0 Å². The van der Waals surface area contributed by atoms with Gasteiger partial charge < -0.3 is 9.47 Å². The maximum Gasteiger partial charge on any atom is 0.166 e. The van der Waals surface area contributed by atoms with Gasteiger partial charge in [0, 0.05) is 28.7 Å². The largest absolute Gasteiger partial charge is 0.490 e. The molecule has 0 spiro atoms. The molecule has 0 fully saturated rings. The van der Waals surface area contributed by atoms with Gasteiger partial charge in [-0.1, -0.05) is 44.2 Å². The molecule has 0 unspecified atom stereocenters. The number of benzene rings is 2. The molecular weight excluding hydrogens is 358 g/mol. The lowest BCUT2D eigenvalue weighted by atomic mass is 9.76.